The molecule has 0 aromatic rings. The molecule has 0 heterocycles. The molecule has 0 fully saturated rings. The summed E-state index contributed by atoms with van der Waals surface area (Å²) in [5.41, 5.74) is 0. The lowest BCUT2D eigenvalue weighted by Crippen LogP contribution is -2.03. The minimum atomic E-state index is -3.03. The molecule has 0 saturated heterocycles. The van der Waals surface area contributed by atoms with E-state index >= 15 is 0 Å². The fourth-order valence-corrected chi connectivity index (χ4v) is 1.22. The average Bonchev–Trinajstić information content (AvgIpc) is 1.64. The van der Waals surface area contributed by atoms with Gasteiger partial charge >= 0.3 is 0 Å². The molecule has 5 nitrogen and oxygen atoms in total. The lowest BCUT2D eigenvalue weighted by molar-refractivity contribution is 0.545. The molecule has 50 valence electrons. The third-order valence-electron chi connectivity index (χ3n) is 0.222. The van der Waals surface area contributed by atoms with Crippen molar-refractivity contribution in [2.24, 2.45) is 0 Å². The van der Waals surface area contributed by atoms with Crippen LogP contribution in [0.25, 0.3) is 0 Å². The zero-order chi connectivity index (χ0) is 6.73. The van der Waals surface area contributed by atoms with Crippen LogP contribution in [0.1, 0.15) is 0 Å². The van der Waals surface area contributed by atoms with Crippen LogP contribution in [0.15, 0.2) is 0 Å². The van der Waals surface area contributed by atoms with Gasteiger partial charge in [-0.15, -0.1) is 0 Å². The molecule has 0 aliphatic rings. The van der Waals surface area contributed by atoms with Gasteiger partial charge in [0.25, 0.3) is 0 Å². The fraction of sp³-hybridized carbons (Fsp3) is 0. The van der Waals surface area contributed by atoms with Gasteiger partial charge < -0.3 is 9.11 Å². The van der Waals surface area contributed by atoms with Crippen LogP contribution in [0.4, 0.5) is 0 Å². The molecule has 0 saturated carbocycles. The zero-order valence-electron chi connectivity index (χ0n) is 3.27. The van der Waals surface area contributed by atoms with Gasteiger partial charge in [-0.2, -0.15) is 0 Å². The molecule has 0 aliphatic carbocycles. The molecule has 0 N–H and O–H groups in total. The van der Waals surface area contributed by atoms with E-state index in [-0.39, 0.29) is 0 Å². The van der Waals surface area contributed by atoms with Crippen molar-refractivity contribution in [3.05, 3.63) is 0 Å². The van der Waals surface area contributed by atoms with Crippen LogP contribution in [0.5, 0.6) is 0 Å². The first-order chi connectivity index (χ1) is 3.55. The van der Waals surface area contributed by atoms with Gasteiger partial charge in [0.05, 0.1) is 20.2 Å². The molecule has 8 heteroatoms. The van der Waals surface area contributed by atoms with Gasteiger partial charge in [-0.25, -0.2) is 4.21 Å². The molecule has 0 amide bonds. The predicted octanol–water partition coefficient (Wildman–Crippen LogP) is -1.68. The van der Waals surface area contributed by atoms with Crippen LogP contribution in [0, 0.1) is 0 Å². The minimum absolute atomic E-state index is 2.79. The Morgan fingerprint density at radius 2 is 1.12 bits per heavy atom. The number of hydrogen-bond acceptors (Lipinski definition) is 5. The third kappa shape index (κ3) is 2.62. The monoisotopic (exact) mass is 176 g/mol. The first-order valence-electron chi connectivity index (χ1n) is 1.17. The van der Waals surface area contributed by atoms with E-state index in [2.05, 4.69) is 0 Å². The van der Waals surface area contributed by atoms with Crippen LogP contribution in [0.2, 0.25) is 0 Å². The van der Waals surface area contributed by atoms with E-state index in [1.807, 2.05) is 0 Å². The molecule has 2 unspecified atom stereocenters. The standard InChI is InChI=1S/H2O5S3/c1-6(2)8(5)7(3)4/h(H,1,2)(H,3,4)/p-2. The summed E-state index contributed by atoms with van der Waals surface area (Å²) < 4.78 is 47.5. The largest absolute Gasteiger partial charge is 0.761 e. The second-order valence-electron chi connectivity index (χ2n) is 0.612. The Hall–Kier alpha value is 0.370. The number of hydrogen-bond donors (Lipinski definition) is 0. The van der Waals surface area contributed by atoms with Gasteiger partial charge in [-0.05, 0) is 0 Å². The SMILES string of the molecule is O=S([O-])S(=O)S(=O)[O-]. The van der Waals surface area contributed by atoms with E-state index in [4.69, 9.17) is 0 Å². The molecule has 0 bridgehead atoms. The zero-order valence-corrected chi connectivity index (χ0v) is 5.72. The second-order valence-corrected chi connectivity index (χ2v) is 5.92. The Balaban J connectivity index is 4.05. The highest BCUT2D eigenvalue weighted by Crippen LogP contribution is 1.88. The highest BCUT2D eigenvalue weighted by atomic mass is 33.5. The van der Waals surface area contributed by atoms with E-state index in [0.29, 0.717) is 0 Å². The molecular weight excluding hydrogens is 176 g/mol. The molecule has 0 rings (SSSR count). The van der Waals surface area contributed by atoms with Gasteiger partial charge in [0.2, 0.25) is 0 Å². The quantitative estimate of drug-likeness (QED) is 0.370. The molecular formula is O5S3-2. The Labute approximate surface area is 51.3 Å². The smallest absolute Gasteiger partial charge is 0.174 e. The first-order valence-corrected chi connectivity index (χ1v) is 5.50. The van der Waals surface area contributed by atoms with Crippen LogP contribution in [0.3, 0.4) is 0 Å². The van der Waals surface area contributed by atoms with Crippen LogP contribution in [-0.4, -0.2) is 21.7 Å². The van der Waals surface area contributed by atoms with Crippen molar-refractivity contribution >= 4 is 29.1 Å². The van der Waals surface area contributed by atoms with Crippen molar-refractivity contribution < 1.29 is 21.7 Å². The Morgan fingerprint density at radius 3 is 1.12 bits per heavy atom. The summed E-state index contributed by atoms with van der Waals surface area (Å²) in [5, 5.41) is 0. The Kier molecular flexibility index (Phi) is 3.56. The summed E-state index contributed by atoms with van der Waals surface area (Å²) in [4.78, 5) is 0. The Bertz CT molecular complexity index is 130. The molecule has 8 heavy (non-hydrogen) atoms. The summed E-state index contributed by atoms with van der Waals surface area (Å²) >= 11 is 0. The summed E-state index contributed by atoms with van der Waals surface area (Å²) in [6.45, 7) is 0. The summed E-state index contributed by atoms with van der Waals surface area (Å²) in [6, 6.07) is 0. The lowest BCUT2D eigenvalue weighted by atomic mass is 15.9. The summed E-state index contributed by atoms with van der Waals surface area (Å²) in [7, 11) is -8.85. The number of rotatable bonds is 2. The van der Waals surface area contributed by atoms with Crippen molar-refractivity contribution in [1.29, 1.82) is 0 Å². The highest BCUT2D eigenvalue weighted by molar-refractivity contribution is 8.90. The van der Waals surface area contributed by atoms with Crippen molar-refractivity contribution in [2.45, 2.75) is 0 Å². The van der Waals surface area contributed by atoms with Gasteiger partial charge in [0.15, 0.2) is 8.86 Å². The van der Waals surface area contributed by atoms with Crippen molar-refractivity contribution in [2.75, 3.05) is 0 Å². The van der Waals surface area contributed by atoms with Crippen molar-refractivity contribution in [3.63, 3.8) is 0 Å². The lowest BCUT2D eigenvalue weighted by Gasteiger charge is -2.04. The topological polar surface area (TPSA) is 97.3 Å². The van der Waals surface area contributed by atoms with E-state index in [1.54, 1.807) is 0 Å². The van der Waals surface area contributed by atoms with Gasteiger partial charge in [0, 0.05) is 0 Å². The Morgan fingerprint density at radius 1 is 0.875 bits per heavy atom. The van der Waals surface area contributed by atoms with E-state index in [0.717, 1.165) is 0 Å². The van der Waals surface area contributed by atoms with Crippen molar-refractivity contribution in [1.82, 2.24) is 0 Å². The van der Waals surface area contributed by atoms with Crippen LogP contribution in [-0.2, 0) is 29.1 Å². The fourth-order valence-electron chi connectivity index (χ4n) is 0.0454. The first kappa shape index (κ1) is 8.37. The summed E-state index contributed by atoms with van der Waals surface area (Å²) in [5.74, 6) is 0. The van der Waals surface area contributed by atoms with Gasteiger partial charge in [-0.1, -0.05) is 0 Å². The summed E-state index contributed by atoms with van der Waals surface area (Å²) in [6.07, 6.45) is 0. The van der Waals surface area contributed by atoms with Crippen LogP contribution >= 0.6 is 0 Å². The molecule has 0 spiro atoms. The predicted molar refractivity (Wildman–Crippen MR) is 26.0 cm³/mol. The highest BCUT2D eigenvalue weighted by Gasteiger charge is 1.95. The van der Waals surface area contributed by atoms with E-state index in [9.17, 15) is 21.7 Å². The average molecular weight is 176 g/mol. The third-order valence-corrected chi connectivity index (χ3v) is 4.00. The minimum Gasteiger partial charge on any atom is -0.761 e. The maximum atomic E-state index is 9.73. The van der Waals surface area contributed by atoms with Gasteiger partial charge in [0.1, 0.15) is 0 Å². The normalized spacial score (nSPS) is 21.8. The van der Waals surface area contributed by atoms with E-state index in [1.165, 1.54) is 0 Å². The molecule has 0 aliphatic heterocycles. The maximum absolute atomic E-state index is 9.73. The molecule has 0 aromatic carbocycles. The van der Waals surface area contributed by atoms with Crippen molar-refractivity contribution in [3.8, 4) is 0 Å². The van der Waals surface area contributed by atoms with E-state index < -0.39 is 29.1 Å². The molecule has 2 atom stereocenters. The second kappa shape index (κ2) is 3.41. The van der Waals surface area contributed by atoms with Crippen LogP contribution < -0.4 is 0 Å². The maximum Gasteiger partial charge on any atom is 0.174 e. The molecule has 0 aromatic heterocycles. The van der Waals surface area contributed by atoms with Gasteiger partial charge in [-0.3, -0.25) is 8.42 Å². The molecule has 0 radical (unpaired) electrons.